The number of thiophene rings is 1. The Labute approximate surface area is 160 Å². The normalized spacial score (nSPS) is 15.4. The molecule has 0 bridgehead atoms. The summed E-state index contributed by atoms with van der Waals surface area (Å²) in [5.74, 6) is 1.40. The Morgan fingerprint density at radius 3 is 2.60 bits per heavy atom. The molecule has 1 amide bonds. The number of rotatable bonds is 4. The molecule has 0 aromatic carbocycles. The second-order valence-corrected chi connectivity index (χ2v) is 9.10. The van der Waals surface area contributed by atoms with Crippen LogP contribution in [0, 0.1) is 0 Å². The quantitative estimate of drug-likeness (QED) is 0.784. The lowest BCUT2D eigenvalue weighted by atomic mass is 10.3. The molecule has 1 aliphatic rings. The fourth-order valence-corrected chi connectivity index (χ4v) is 6.13. The molecule has 0 spiro atoms. The van der Waals surface area contributed by atoms with Crippen molar-refractivity contribution in [1.82, 2.24) is 9.29 Å². The van der Waals surface area contributed by atoms with E-state index in [0.717, 1.165) is 22.8 Å². The first kappa shape index (κ1) is 20.0. The largest absolute Gasteiger partial charge is 0.384 e. The number of nitrogens with zero attached hydrogens (tertiary/aromatic N) is 2. The number of carbonyl (C=O) groups excluding carboxylic acids is 1. The van der Waals surface area contributed by atoms with Crippen LogP contribution in [0.2, 0.25) is 0 Å². The van der Waals surface area contributed by atoms with E-state index in [2.05, 4.69) is 10.3 Å². The SMILES string of the molecule is Cl.Nc1ccc(NC(=O)c2sccc2S(=O)(=O)N2CCSCC2)cn1. The maximum absolute atomic E-state index is 12.8. The predicted molar refractivity (Wildman–Crippen MR) is 104 cm³/mol. The molecule has 1 fully saturated rings. The average Bonchev–Trinajstić information content (AvgIpc) is 3.08. The van der Waals surface area contributed by atoms with Crippen molar-refractivity contribution in [2.75, 3.05) is 35.6 Å². The minimum Gasteiger partial charge on any atom is -0.384 e. The van der Waals surface area contributed by atoms with Crippen LogP contribution in [0.25, 0.3) is 0 Å². The van der Waals surface area contributed by atoms with Gasteiger partial charge in [-0.25, -0.2) is 13.4 Å². The van der Waals surface area contributed by atoms with Gasteiger partial charge in [-0.1, -0.05) is 0 Å². The number of aromatic nitrogens is 1. The Morgan fingerprint density at radius 2 is 1.96 bits per heavy atom. The highest BCUT2D eigenvalue weighted by Crippen LogP contribution is 2.27. The van der Waals surface area contributed by atoms with Crippen LogP contribution in [0.4, 0.5) is 11.5 Å². The van der Waals surface area contributed by atoms with E-state index in [9.17, 15) is 13.2 Å². The Morgan fingerprint density at radius 1 is 1.24 bits per heavy atom. The van der Waals surface area contributed by atoms with Crippen molar-refractivity contribution in [3.8, 4) is 0 Å². The zero-order chi connectivity index (χ0) is 17.2. The van der Waals surface area contributed by atoms with Crippen LogP contribution in [0.5, 0.6) is 0 Å². The van der Waals surface area contributed by atoms with Gasteiger partial charge in [-0.2, -0.15) is 16.1 Å². The maximum atomic E-state index is 12.8. The molecule has 2 aromatic heterocycles. The molecule has 1 saturated heterocycles. The van der Waals surface area contributed by atoms with Gasteiger partial charge < -0.3 is 11.1 Å². The number of hydrogen-bond acceptors (Lipinski definition) is 7. The van der Waals surface area contributed by atoms with Crippen LogP contribution in [0.1, 0.15) is 9.67 Å². The lowest BCUT2D eigenvalue weighted by Gasteiger charge is -2.25. The lowest BCUT2D eigenvalue weighted by Crippen LogP contribution is -2.38. The second kappa shape index (κ2) is 8.37. The summed E-state index contributed by atoms with van der Waals surface area (Å²) in [6.45, 7) is 0.928. The summed E-state index contributed by atoms with van der Waals surface area (Å²) in [6.07, 6.45) is 1.43. The van der Waals surface area contributed by atoms with E-state index < -0.39 is 15.9 Å². The Hall–Kier alpha value is -1.33. The van der Waals surface area contributed by atoms with Crippen LogP contribution >= 0.6 is 35.5 Å². The van der Waals surface area contributed by atoms with Crippen molar-refractivity contribution in [1.29, 1.82) is 0 Å². The first-order chi connectivity index (χ1) is 11.5. The molecule has 7 nitrogen and oxygen atoms in total. The molecule has 1 aliphatic heterocycles. The van der Waals surface area contributed by atoms with Gasteiger partial charge in [0, 0.05) is 24.6 Å². The molecule has 0 saturated carbocycles. The molecule has 0 aliphatic carbocycles. The molecule has 2 aromatic rings. The maximum Gasteiger partial charge on any atom is 0.267 e. The van der Waals surface area contributed by atoms with Crippen molar-refractivity contribution in [2.45, 2.75) is 4.90 Å². The average molecular weight is 421 g/mol. The van der Waals surface area contributed by atoms with Gasteiger partial charge >= 0.3 is 0 Å². The molecule has 136 valence electrons. The van der Waals surface area contributed by atoms with Crippen LogP contribution in [-0.4, -0.2) is 48.2 Å². The topological polar surface area (TPSA) is 105 Å². The van der Waals surface area contributed by atoms with Crippen LogP contribution in [0.3, 0.4) is 0 Å². The number of pyridine rings is 1. The molecule has 25 heavy (non-hydrogen) atoms. The highest BCUT2D eigenvalue weighted by molar-refractivity contribution is 7.99. The molecular formula is C14H17ClN4O3S3. The molecule has 0 radical (unpaired) electrons. The molecule has 3 rings (SSSR count). The zero-order valence-corrected chi connectivity index (χ0v) is 16.3. The zero-order valence-electron chi connectivity index (χ0n) is 13.0. The minimum atomic E-state index is -3.66. The number of nitrogen functional groups attached to an aromatic ring is 1. The monoisotopic (exact) mass is 420 g/mol. The Balaban J connectivity index is 0.00000225. The summed E-state index contributed by atoms with van der Waals surface area (Å²) < 4.78 is 27.0. The molecule has 0 atom stereocenters. The van der Waals surface area contributed by atoms with Crippen molar-refractivity contribution >= 4 is 62.9 Å². The lowest BCUT2D eigenvalue weighted by molar-refractivity contribution is 0.102. The fraction of sp³-hybridized carbons (Fsp3) is 0.286. The number of halogens is 1. The number of hydrogen-bond donors (Lipinski definition) is 2. The fourth-order valence-electron chi connectivity index (χ4n) is 2.26. The third-order valence-electron chi connectivity index (χ3n) is 3.47. The highest BCUT2D eigenvalue weighted by Gasteiger charge is 2.31. The Bertz CT molecular complexity index is 833. The standard InChI is InChI=1S/C14H16N4O3S3.ClH/c15-12-2-1-10(9-16-12)17-14(19)13-11(3-6-23-13)24(20,21)18-4-7-22-8-5-18;/h1-3,6,9H,4-5,7-8H2,(H2,15,16)(H,17,19);1H. The van der Waals surface area contributed by atoms with Gasteiger partial charge in [0.05, 0.1) is 11.9 Å². The number of sulfonamides is 1. The second-order valence-electron chi connectivity index (χ2n) is 5.06. The first-order valence-corrected chi connectivity index (χ1v) is 10.6. The molecule has 11 heteroatoms. The van der Waals surface area contributed by atoms with E-state index in [-0.39, 0.29) is 22.2 Å². The summed E-state index contributed by atoms with van der Waals surface area (Å²) in [6, 6.07) is 4.66. The molecular weight excluding hydrogens is 404 g/mol. The van der Waals surface area contributed by atoms with E-state index in [1.807, 2.05) is 0 Å². The van der Waals surface area contributed by atoms with Gasteiger partial charge in [0.25, 0.3) is 5.91 Å². The summed E-state index contributed by atoms with van der Waals surface area (Å²) in [5.41, 5.74) is 5.97. The van der Waals surface area contributed by atoms with Gasteiger partial charge in [0.15, 0.2) is 0 Å². The number of nitrogens with one attached hydrogen (secondary N) is 1. The number of amides is 1. The number of nitrogens with two attached hydrogens (primary N) is 1. The number of thioether (sulfide) groups is 1. The summed E-state index contributed by atoms with van der Waals surface area (Å²) >= 11 is 2.83. The predicted octanol–water partition coefficient (Wildman–Crippen LogP) is 2.14. The highest BCUT2D eigenvalue weighted by atomic mass is 35.5. The third-order valence-corrected chi connectivity index (χ3v) is 7.39. The van der Waals surface area contributed by atoms with Crippen molar-refractivity contribution in [3.63, 3.8) is 0 Å². The summed E-state index contributed by atoms with van der Waals surface area (Å²) in [4.78, 5) is 16.6. The van der Waals surface area contributed by atoms with Crippen molar-refractivity contribution in [3.05, 3.63) is 34.7 Å². The van der Waals surface area contributed by atoms with Gasteiger partial charge in [0.1, 0.15) is 15.6 Å². The first-order valence-electron chi connectivity index (χ1n) is 7.17. The summed E-state index contributed by atoms with van der Waals surface area (Å²) in [5, 5.41) is 4.27. The van der Waals surface area contributed by atoms with Gasteiger partial charge in [0.2, 0.25) is 10.0 Å². The van der Waals surface area contributed by atoms with E-state index in [1.165, 1.54) is 16.6 Å². The van der Waals surface area contributed by atoms with Crippen molar-refractivity contribution in [2.24, 2.45) is 0 Å². The van der Waals surface area contributed by atoms with E-state index in [0.29, 0.717) is 24.6 Å². The number of carbonyl (C=O) groups is 1. The smallest absolute Gasteiger partial charge is 0.267 e. The van der Waals surface area contributed by atoms with Crippen LogP contribution in [-0.2, 0) is 10.0 Å². The van der Waals surface area contributed by atoms with Gasteiger partial charge in [-0.15, -0.1) is 23.7 Å². The van der Waals surface area contributed by atoms with E-state index in [4.69, 9.17) is 5.73 Å². The number of anilines is 2. The van der Waals surface area contributed by atoms with E-state index >= 15 is 0 Å². The van der Waals surface area contributed by atoms with Gasteiger partial charge in [-0.05, 0) is 23.6 Å². The Kier molecular flexibility index (Phi) is 6.69. The molecule has 3 N–H and O–H groups in total. The van der Waals surface area contributed by atoms with E-state index in [1.54, 1.807) is 29.3 Å². The van der Waals surface area contributed by atoms with Crippen LogP contribution < -0.4 is 11.1 Å². The third kappa shape index (κ3) is 4.45. The summed E-state index contributed by atoms with van der Waals surface area (Å²) in [7, 11) is -3.66. The molecule has 0 unspecified atom stereocenters. The molecule has 3 heterocycles. The van der Waals surface area contributed by atoms with Crippen molar-refractivity contribution < 1.29 is 13.2 Å². The van der Waals surface area contributed by atoms with Crippen LogP contribution in [0.15, 0.2) is 34.7 Å². The van der Waals surface area contributed by atoms with Gasteiger partial charge in [-0.3, -0.25) is 4.79 Å². The minimum absolute atomic E-state index is 0.